The first-order valence-corrected chi connectivity index (χ1v) is 5.08. The molecule has 80 valence electrons. The van der Waals surface area contributed by atoms with Crippen molar-refractivity contribution < 1.29 is 5.11 Å². The van der Waals surface area contributed by atoms with Crippen LogP contribution in [0, 0.1) is 5.92 Å². The minimum absolute atomic E-state index is 0.257. The van der Waals surface area contributed by atoms with Gasteiger partial charge < -0.3 is 5.11 Å². The summed E-state index contributed by atoms with van der Waals surface area (Å²) in [6, 6.07) is 0.298. The Morgan fingerprint density at radius 1 is 1.36 bits per heavy atom. The summed E-state index contributed by atoms with van der Waals surface area (Å²) in [5.41, 5.74) is 0. The van der Waals surface area contributed by atoms with E-state index >= 15 is 0 Å². The summed E-state index contributed by atoms with van der Waals surface area (Å²) in [5.74, 6) is 1.12. The minimum atomic E-state index is -0.336. The third-order valence-electron chi connectivity index (χ3n) is 2.30. The van der Waals surface area contributed by atoms with E-state index < -0.39 is 0 Å². The Kier molecular flexibility index (Phi) is 3.63. The van der Waals surface area contributed by atoms with Gasteiger partial charge in [-0.05, 0) is 19.8 Å². The number of rotatable bonds is 4. The van der Waals surface area contributed by atoms with Crippen LogP contribution in [0.1, 0.15) is 39.6 Å². The molecule has 1 atom stereocenters. The van der Waals surface area contributed by atoms with Crippen molar-refractivity contribution in [2.45, 2.75) is 46.3 Å². The van der Waals surface area contributed by atoms with Crippen molar-refractivity contribution >= 4 is 0 Å². The molecule has 0 radical (unpaired) electrons. The summed E-state index contributed by atoms with van der Waals surface area (Å²) < 4.78 is 1.85. The van der Waals surface area contributed by atoms with Gasteiger partial charge in [0.05, 0.1) is 6.10 Å². The molecule has 0 spiro atoms. The van der Waals surface area contributed by atoms with Gasteiger partial charge in [0.2, 0.25) is 0 Å². The molecule has 0 fully saturated rings. The zero-order valence-electron chi connectivity index (χ0n) is 9.31. The molecule has 1 N–H and O–H groups in total. The molecule has 0 saturated carbocycles. The second-order valence-corrected chi connectivity index (χ2v) is 4.23. The van der Waals surface area contributed by atoms with Crippen molar-refractivity contribution in [3.8, 4) is 0 Å². The third kappa shape index (κ3) is 2.54. The highest BCUT2D eigenvalue weighted by molar-refractivity contribution is 4.89. The van der Waals surface area contributed by atoms with Crippen molar-refractivity contribution in [2.24, 2.45) is 5.92 Å². The van der Waals surface area contributed by atoms with Crippen LogP contribution in [0.25, 0.3) is 0 Å². The van der Waals surface area contributed by atoms with Crippen molar-refractivity contribution in [3.63, 3.8) is 0 Å². The third-order valence-corrected chi connectivity index (χ3v) is 2.30. The van der Waals surface area contributed by atoms with Gasteiger partial charge in [0, 0.05) is 12.5 Å². The van der Waals surface area contributed by atoms with Crippen LogP contribution in [-0.4, -0.2) is 26.0 Å². The Bertz CT molecular complexity index is 281. The number of hydrogen-bond acceptors (Lipinski definition) is 3. The number of hydrogen-bond donors (Lipinski definition) is 1. The van der Waals surface area contributed by atoms with E-state index in [2.05, 4.69) is 23.9 Å². The molecule has 0 aliphatic carbocycles. The Morgan fingerprint density at radius 2 is 2.00 bits per heavy atom. The predicted octanol–water partition coefficient (Wildman–Crippen LogP) is 1.42. The van der Waals surface area contributed by atoms with E-state index in [0.29, 0.717) is 12.5 Å². The van der Waals surface area contributed by atoms with Crippen LogP contribution in [-0.2, 0) is 6.42 Å². The Hall–Kier alpha value is -0.900. The van der Waals surface area contributed by atoms with E-state index in [0.717, 1.165) is 5.82 Å². The van der Waals surface area contributed by atoms with Crippen molar-refractivity contribution in [1.29, 1.82) is 0 Å². The second-order valence-electron chi connectivity index (χ2n) is 4.23. The summed E-state index contributed by atoms with van der Waals surface area (Å²) in [6.07, 6.45) is 1.79. The van der Waals surface area contributed by atoms with Gasteiger partial charge in [0.25, 0.3) is 0 Å². The van der Waals surface area contributed by atoms with Gasteiger partial charge in [-0.25, -0.2) is 9.67 Å². The smallest absolute Gasteiger partial charge is 0.138 e. The maximum absolute atomic E-state index is 9.72. The van der Waals surface area contributed by atoms with Crippen LogP contribution < -0.4 is 0 Å². The Morgan fingerprint density at radius 3 is 2.50 bits per heavy atom. The van der Waals surface area contributed by atoms with Gasteiger partial charge in [-0.15, -0.1) is 0 Å². The van der Waals surface area contributed by atoms with Crippen molar-refractivity contribution in [2.75, 3.05) is 0 Å². The molecule has 0 saturated heterocycles. The molecule has 4 heteroatoms. The summed E-state index contributed by atoms with van der Waals surface area (Å²) in [5, 5.41) is 13.8. The fourth-order valence-corrected chi connectivity index (χ4v) is 1.27. The molecule has 1 aromatic rings. The van der Waals surface area contributed by atoms with Crippen molar-refractivity contribution in [1.82, 2.24) is 14.8 Å². The highest BCUT2D eigenvalue weighted by atomic mass is 16.3. The quantitative estimate of drug-likeness (QED) is 0.794. The topological polar surface area (TPSA) is 50.9 Å². The number of aliphatic hydroxyl groups is 1. The van der Waals surface area contributed by atoms with E-state index in [1.165, 1.54) is 0 Å². The molecule has 0 aliphatic rings. The van der Waals surface area contributed by atoms with Gasteiger partial charge in [-0.1, -0.05) is 13.8 Å². The van der Waals surface area contributed by atoms with E-state index in [-0.39, 0.29) is 12.0 Å². The van der Waals surface area contributed by atoms with E-state index in [4.69, 9.17) is 0 Å². The largest absolute Gasteiger partial charge is 0.392 e. The first-order chi connectivity index (χ1) is 6.52. The summed E-state index contributed by atoms with van der Waals surface area (Å²) in [6.45, 7) is 8.11. The molecule has 1 heterocycles. The van der Waals surface area contributed by atoms with Gasteiger partial charge in [-0.2, -0.15) is 5.10 Å². The lowest BCUT2D eigenvalue weighted by Crippen LogP contribution is -2.21. The molecule has 0 amide bonds. The first-order valence-electron chi connectivity index (χ1n) is 5.08. The lowest BCUT2D eigenvalue weighted by atomic mass is 10.0. The Labute approximate surface area is 85.0 Å². The maximum Gasteiger partial charge on any atom is 0.138 e. The molecule has 0 bridgehead atoms. The molecular weight excluding hydrogens is 178 g/mol. The van der Waals surface area contributed by atoms with Crippen LogP contribution in [0.15, 0.2) is 6.33 Å². The second kappa shape index (κ2) is 4.55. The van der Waals surface area contributed by atoms with Gasteiger partial charge in [-0.3, -0.25) is 0 Å². The molecule has 1 aromatic heterocycles. The summed E-state index contributed by atoms with van der Waals surface area (Å²) >= 11 is 0. The van der Waals surface area contributed by atoms with Crippen LogP contribution in [0.2, 0.25) is 0 Å². The minimum Gasteiger partial charge on any atom is -0.392 e. The molecular formula is C10H19N3O. The summed E-state index contributed by atoms with van der Waals surface area (Å²) in [4.78, 5) is 4.15. The van der Waals surface area contributed by atoms with Crippen molar-refractivity contribution in [3.05, 3.63) is 12.2 Å². The SMILES string of the molecule is CC(C)C(O)Cc1ncnn1C(C)C. The average Bonchev–Trinajstić information content (AvgIpc) is 2.52. The molecule has 14 heavy (non-hydrogen) atoms. The highest BCUT2D eigenvalue weighted by Gasteiger charge is 2.15. The summed E-state index contributed by atoms with van der Waals surface area (Å²) in [7, 11) is 0. The fourth-order valence-electron chi connectivity index (χ4n) is 1.27. The molecule has 1 rings (SSSR count). The van der Waals surface area contributed by atoms with E-state index in [1.807, 2.05) is 18.5 Å². The standard InChI is InChI=1S/C10H19N3O/c1-7(2)9(14)5-10-11-6-12-13(10)8(3)4/h6-9,14H,5H2,1-4H3. The predicted molar refractivity (Wildman–Crippen MR) is 55.0 cm³/mol. The lowest BCUT2D eigenvalue weighted by Gasteiger charge is -2.15. The lowest BCUT2D eigenvalue weighted by molar-refractivity contribution is 0.122. The van der Waals surface area contributed by atoms with Crippen LogP contribution >= 0.6 is 0 Å². The molecule has 1 unspecified atom stereocenters. The zero-order valence-corrected chi connectivity index (χ0v) is 9.31. The molecule has 0 aromatic carbocycles. The molecule has 0 aliphatic heterocycles. The number of aromatic nitrogens is 3. The van der Waals surface area contributed by atoms with E-state index in [1.54, 1.807) is 6.33 Å². The van der Waals surface area contributed by atoms with E-state index in [9.17, 15) is 5.11 Å². The maximum atomic E-state index is 9.72. The van der Waals surface area contributed by atoms with Gasteiger partial charge in [0.15, 0.2) is 0 Å². The van der Waals surface area contributed by atoms with Crippen LogP contribution in [0.3, 0.4) is 0 Å². The van der Waals surface area contributed by atoms with Gasteiger partial charge in [0.1, 0.15) is 12.2 Å². The zero-order chi connectivity index (χ0) is 10.7. The van der Waals surface area contributed by atoms with Gasteiger partial charge >= 0.3 is 0 Å². The number of aliphatic hydroxyl groups excluding tert-OH is 1. The fraction of sp³-hybridized carbons (Fsp3) is 0.800. The van der Waals surface area contributed by atoms with Crippen LogP contribution in [0.5, 0.6) is 0 Å². The normalized spacial score (nSPS) is 13.9. The van der Waals surface area contributed by atoms with Crippen LogP contribution in [0.4, 0.5) is 0 Å². The molecule has 4 nitrogen and oxygen atoms in total. The first kappa shape index (κ1) is 11.2. The highest BCUT2D eigenvalue weighted by Crippen LogP contribution is 2.11. The average molecular weight is 197 g/mol. The monoisotopic (exact) mass is 197 g/mol. The number of nitrogens with zero attached hydrogens (tertiary/aromatic N) is 3. The Balaban J connectivity index is 2.71.